The Morgan fingerprint density at radius 3 is 2.34 bits per heavy atom. The molecule has 1 aliphatic heterocycles. The van der Waals surface area contributed by atoms with Crippen molar-refractivity contribution < 1.29 is 18.0 Å². The number of amides is 2. The molecule has 0 spiro atoms. The minimum Gasteiger partial charge on any atom is -0.341 e. The fraction of sp³-hybridized carbons (Fsp3) is 0.243. The van der Waals surface area contributed by atoms with Crippen molar-refractivity contribution in [2.75, 3.05) is 24.5 Å². The summed E-state index contributed by atoms with van der Waals surface area (Å²) in [5.41, 5.74) is 3.68. The summed E-state index contributed by atoms with van der Waals surface area (Å²) in [6.45, 7) is 6.73. The molecule has 1 aliphatic rings. The number of hydrogen-bond donors (Lipinski definition) is 1. The third-order valence-electron chi connectivity index (χ3n) is 8.38. The van der Waals surface area contributed by atoms with Crippen molar-refractivity contribution in [1.82, 2.24) is 19.6 Å². The van der Waals surface area contributed by atoms with E-state index in [1.807, 2.05) is 42.5 Å². The molecule has 1 aromatic heterocycles. The summed E-state index contributed by atoms with van der Waals surface area (Å²) in [5.74, 6) is -0.524. The molecule has 0 radical (unpaired) electrons. The van der Waals surface area contributed by atoms with Gasteiger partial charge in [-0.3, -0.25) is 9.59 Å². The van der Waals surface area contributed by atoms with Crippen LogP contribution in [0.15, 0.2) is 102 Å². The molecule has 0 bridgehead atoms. The quantitative estimate of drug-likeness (QED) is 0.191. The average Bonchev–Trinajstić information content (AvgIpc) is 3.10. The van der Waals surface area contributed by atoms with Crippen molar-refractivity contribution in [2.45, 2.75) is 44.6 Å². The zero-order valence-electron chi connectivity index (χ0n) is 26.5. The van der Waals surface area contributed by atoms with E-state index in [4.69, 9.17) is 4.98 Å². The Bertz CT molecular complexity index is 2060. The van der Waals surface area contributed by atoms with Gasteiger partial charge in [-0.2, -0.15) is 0 Å². The van der Waals surface area contributed by atoms with Gasteiger partial charge in [-0.25, -0.2) is 23.1 Å². The van der Waals surface area contributed by atoms with Crippen molar-refractivity contribution in [3.8, 4) is 11.3 Å². The van der Waals surface area contributed by atoms with E-state index in [1.165, 1.54) is 29.8 Å². The van der Waals surface area contributed by atoms with Crippen LogP contribution in [0.1, 0.15) is 58.5 Å². The van der Waals surface area contributed by atoms with Crippen molar-refractivity contribution in [1.29, 1.82) is 0 Å². The van der Waals surface area contributed by atoms with Crippen LogP contribution in [0.4, 0.5) is 5.95 Å². The van der Waals surface area contributed by atoms with Crippen molar-refractivity contribution in [3.05, 3.63) is 119 Å². The van der Waals surface area contributed by atoms with Gasteiger partial charge in [0.1, 0.15) is 0 Å². The van der Waals surface area contributed by atoms with Gasteiger partial charge in [-0.05, 0) is 71.5 Å². The monoisotopic (exact) mass is 647 g/mol. The lowest BCUT2D eigenvalue weighted by molar-refractivity contribution is 0.0735. The van der Waals surface area contributed by atoms with E-state index < -0.39 is 15.9 Å². The molecule has 0 fully saturated rings. The molecule has 9 nitrogen and oxygen atoms in total. The van der Waals surface area contributed by atoms with E-state index in [-0.39, 0.29) is 21.9 Å². The number of rotatable bonds is 10. The molecule has 0 saturated carbocycles. The third-order valence-corrected chi connectivity index (χ3v) is 9.71. The molecule has 240 valence electrons. The van der Waals surface area contributed by atoms with Gasteiger partial charge >= 0.3 is 0 Å². The van der Waals surface area contributed by atoms with E-state index in [2.05, 4.69) is 34.5 Å². The van der Waals surface area contributed by atoms with Gasteiger partial charge in [0.05, 0.1) is 10.6 Å². The molecular weight excluding hydrogens is 611 g/mol. The van der Waals surface area contributed by atoms with E-state index in [1.54, 1.807) is 29.3 Å². The van der Waals surface area contributed by atoms with Crippen molar-refractivity contribution in [3.63, 3.8) is 0 Å². The van der Waals surface area contributed by atoms with Crippen LogP contribution in [0.2, 0.25) is 0 Å². The molecule has 2 heterocycles. The maximum atomic E-state index is 14.3. The molecule has 2 amide bonds. The largest absolute Gasteiger partial charge is 0.341 e. The summed E-state index contributed by atoms with van der Waals surface area (Å²) >= 11 is 0. The second-order valence-electron chi connectivity index (χ2n) is 11.7. The number of carbonyl (C=O) groups excluding carboxylic acids is 2. The first-order chi connectivity index (χ1) is 22.8. The summed E-state index contributed by atoms with van der Waals surface area (Å²) < 4.78 is 28.8. The molecule has 0 atom stereocenters. The van der Waals surface area contributed by atoms with E-state index >= 15 is 0 Å². The first kappa shape index (κ1) is 31.9. The zero-order valence-corrected chi connectivity index (χ0v) is 27.3. The number of nitrogens with zero attached hydrogens (tertiary/aromatic N) is 4. The summed E-state index contributed by atoms with van der Waals surface area (Å²) in [7, 11) is -4.20. The number of fused-ring (bicyclic) bond motifs is 2. The van der Waals surface area contributed by atoms with Gasteiger partial charge in [-0.1, -0.05) is 74.5 Å². The Kier molecular flexibility index (Phi) is 9.31. The Balaban J connectivity index is 1.36. The lowest BCUT2D eigenvalue weighted by Gasteiger charge is -2.29. The Morgan fingerprint density at radius 2 is 1.57 bits per heavy atom. The third kappa shape index (κ3) is 6.88. The van der Waals surface area contributed by atoms with Crippen LogP contribution in [-0.2, 0) is 23.0 Å². The predicted octanol–water partition coefficient (Wildman–Crippen LogP) is 6.24. The lowest BCUT2D eigenvalue weighted by Crippen LogP contribution is -2.36. The molecule has 0 saturated heterocycles. The van der Waals surface area contributed by atoms with Gasteiger partial charge in [0, 0.05) is 49.1 Å². The van der Waals surface area contributed by atoms with Crippen LogP contribution in [0.3, 0.4) is 0 Å². The minimum atomic E-state index is -4.20. The van der Waals surface area contributed by atoms with Crippen LogP contribution in [0, 0.1) is 0 Å². The number of hydrogen-bond acceptors (Lipinski definition) is 7. The smallest absolute Gasteiger partial charge is 0.265 e. The highest BCUT2D eigenvalue weighted by molar-refractivity contribution is 7.90. The maximum Gasteiger partial charge on any atom is 0.265 e. The first-order valence-electron chi connectivity index (χ1n) is 15.9. The van der Waals surface area contributed by atoms with Gasteiger partial charge in [0.2, 0.25) is 5.95 Å². The molecule has 1 N–H and O–H groups in total. The molecule has 0 aliphatic carbocycles. The molecule has 47 heavy (non-hydrogen) atoms. The molecule has 5 aromatic rings. The number of anilines is 1. The molecule has 4 aromatic carbocycles. The van der Waals surface area contributed by atoms with Crippen LogP contribution >= 0.6 is 0 Å². The predicted molar refractivity (Wildman–Crippen MR) is 184 cm³/mol. The lowest BCUT2D eigenvalue weighted by atomic mass is 9.96. The summed E-state index contributed by atoms with van der Waals surface area (Å²) in [6.07, 6.45) is 4.25. The van der Waals surface area contributed by atoms with E-state index in [0.717, 1.165) is 42.3 Å². The van der Waals surface area contributed by atoms with E-state index in [0.29, 0.717) is 36.7 Å². The number of sulfonamides is 1. The second-order valence-corrected chi connectivity index (χ2v) is 13.4. The number of nitrogens with one attached hydrogen (secondary N) is 1. The van der Waals surface area contributed by atoms with Gasteiger partial charge in [-0.15, -0.1) is 0 Å². The fourth-order valence-electron chi connectivity index (χ4n) is 6.00. The molecule has 6 rings (SSSR count). The average molecular weight is 648 g/mol. The number of carbonyl (C=O) groups is 2. The summed E-state index contributed by atoms with van der Waals surface area (Å²) in [5, 5.41) is 1.63. The zero-order chi connectivity index (χ0) is 33.0. The number of benzene rings is 4. The number of aromatic nitrogens is 2. The highest BCUT2D eigenvalue weighted by atomic mass is 32.2. The van der Waals surface area contributed by atoms with Gasteiger partial charge in [0.15, 0.2) is 0 Å². The Morgan fingerprint density at radius 1 is 0.851 bits per heavy atom. The van der Waals surface area contributed by atoms with Crippen molar-refractivity contribution in [2.24, 2.45) is 0 Å². The summed E-state index contributed by atoms with van der Waals surface area (Å²) in [6, 6.07) is 26.6. The maximum absolute atomic E-state index is 14.3. The van der Waals surface area contributed by atoms with Crippen LogP contribution in [0.25, 0.3) is 22.0 Å². The fourth-order valence-corrected chi connectivity index (χ4v) is 7.01. The van der Waals surface area contributed by atoms with Crippen molar-refractivity contribution >= 4 is 38.6 Å². The summed E-state index contributed by atoms with van der Waals surface area (Å²) in [4.78, 5) is 41.0. The Hall–Kier alpha value is -5.09. The first-order valence-corrected chi connectivity index (χ1v) is 17.4. The van der Waals surface area contributed by atoms with Crippen LogP contribution < -0.4 is 9.62 Å². The normalized spacial score (nSPS) is 12.9. The molecule has 0 unspecified atom stereocenters. The minimum absolute atomic E-state index is 0.0262. The topological polar surface area (TPSA) is 113 Å². The standard InChI is InChI=1S/C37H37N5O4S/c1-3-20-41(21-4-2)37-38-19-17-34(39-37)32-16-14-29(24-33(32)36(44)42-22-18-27-10-6-8-12-30(27)25-42)35(43)40-47(45,46)31-15-13-26-9-5-7-11-28(26)23-31/h5-17,19,23-24H,3-4,18,20-22,25H2,1-2H3,(H,40,43). The highest BCUT2D eigenvalue weighted by Crippen LogP contribution is 2.29. The SMILES string of the molecule is CCCN(CCC)c1nccc(-c2ccc(C(=O)NS(=O)(=O)c3ccc4ccccc4c3)cc2C(=O)N2CCc3ccccc3C2)n1. The van der Waals surface area contributed by atoms with Crippen LogP contribution in [0.5, 0.6) is 0 Å². The Labute approximate surface area is 275 Å². The van der Waals surface area contributed by atoms with Gasteiger partial charge < -0.3 is 9.80 Å². The van der Waals surface area contributed by atoms with E-state index in [9.17, 15) is 18.0 Å². The highest BCUT2D eigenvalue weighted by Gasteiger charge is 2.27. The molecule has 10 heteroatoms. The van der Waals surface area contributed by atoms with Crippen LogP contribution in [-0.4, -0.2) is 54.7 Å². The second kappa shape index (κ2) is 13.7. The molecular formula is C37H37N5O4S. The van der Waals surface area contributed by atoms with Gasteiger partial charge in [0.25, 0.3) is 21.8 Å².